The number of benzene rings is 1. The van der Waals surface area contributed by atoms with Crippen LogP contribution in [-0.2, 0) is 4.79 Å². The van der Waals surface area contributed by atoms with E-state index in [0.29, 0.717) is 16.6 Å². The molecule has 2 heterocycles. The molecule has 148 valence electrons. The second-order valence-corrected chi connectivity index (χ2v) is 7.92. The van der Waals surface area contributed by atoms with E-state index in [0.717, 1.165) is 17.0 Å². The van der Waals surface area contributed by atoms with Crippen molar-refractivity contribution in [2.24, 2.45) is 0 Å². The van der Waals surface area contributed by atoms with Gasteiger partial charge in [0.2, 0.25) is 11.1 Å². The van der Waals surface area contributed by atoms with Crippen molar-refractivity contribution in [3.8, 4) is 17.0 Å². The lowest BCUT2D eigenvalue weighted by molar-refractivity contribution is -0.131. The number of nitrogens with zero attached hydrogens (tertiary/aromatic N) is 5. The average molecular weight is 400 g/mol. The van der Waals surface area contributed by atoms with Crippen LogP contribution in [0.3, 0.4) is 0 Å². The van der Waals surface area contributed by atoms with Gasteiger partial charge in [-0.2, -0.15) is 9.61 Å². The molecule has 1 aromatic carbocycles. The summed E-state index contributed by atoms with van der Waals surface area (Å²) < 4.78 is 6.89. The Balaban J connectivity index is 1.81. The zero-order chi connectivity index (χ0) is 20.3. The summed E-state index contributed by atoms with van der Waals surface area (Å²) in [5.41, 5.74) is 2.42. The van der Waals surface area contributed by atoms with Crippen molar-refractivity contribution in [2.75, 3.05) is 12.9 Å². The Hall–Kier alpha value is -2.61. The van der Waals surface area contributed by atoms with Gasteiger partial charge < -0.3 is 9.64 Å². The van der Waals surface area contributed by atoms with E-state index in [9.17, 15) is 4.79 Å². The molecule has 2 aromatic heterocycles. The van der Waals surface area contributed by atoms with Crippen LogP contribution in [0.4, 0.5) is 0 Å². The topological polar surface area (TPSA) is 72.6 Å². The van der Waals surface area contributed by atoms with Gasteiger partial charge in [0.15, 0.2) is 5.65 Å². The van der Waals surface area contributed by atoms with E-state index in [1.54, 1.807) is 11.6 Å². The molecule has 0 bridgehead atoms. The molecule has 0 saturated heterocycles. The first-order chi connectivity index (χ1) is 13.4. The van der Waals surface area contributed by atoms with Gasteiger partial charge in [-0.1, -0.05) is 11.8 Å². The summed E-state index contributed by atoms with van der Waals surface area (Å²) in [6, 6.07) is 11.8. The Kier molecular flexibility index (Phi) is 6.18. The van der Waals surface area contributed by atoms with Gasteiger partial charge in [0.1, 0.15) is 5.75 Å². The fourth-order valence-corrected chi connectivity index (χ4v) is 3.90. The van der Waals surface area contributed by atoms with E-state index in [4.69, 9.17) is 4.74 Å². The summed E-state index contributed by atoms with van der Waals surface area (Å²) in [4.78, 5) is 14.5. The minimum absolute atomic E-state index is 0.0815. The average Bonchev–Trinajstić information content (AvgIpc) is 3.08. The minimum atomic E-state index is 0.0815. The Bertz CT molecular complexity index is 945. The molecule has 0 spiro atoms. The molecule has 3 rings (SSSR count). The Morgan fingerprint density at radius 3 is 2.36 bits per heavy atom. The van der Waals surface area contributed by atoms with E-state index >= 15 is 0 Å². The monoisotopic (exact) mass is 399 g/mol. The molecule has 0 aliphatic carbocycles. The molecule has 0 fully saturated rings. The van der Waals surface area contributed by atoms with E-state index < -0.39 is 0 Å². The van der Waals surface area contributed by atoms with Crippen molar-refractivity contribution in [3.63, 3.8) is 0 Å². The molecule has 7 nitrogen and oxygen atoms in total. The largest absolute Gasteiger partial charge is 0.497 e. The fraction of sp³-hybridized carbons (Fsp3) is 0.400. The number of methoxy groups -OCH3 is 1. The van der Waals surface area contributed by atoms with Gasteiger partial charge in [-0.25, -0.2) is 0 Å². The number of hydrogen-bond donors (Lipinski definition) is 0. The highest BCUT2D eigenvalue weighted by atomic mass is 32.2. The number of fused-ring (bicyclic) bond motifs is 1. The van der Waals surface area contributed by atoms with Crippen LogP contribution in [0.5, 0.6) is 5.75 Å². The number of thioether (sulfide) groups is 1. The maximum Gasteiger partial charge on any atom is 0.233 e. The highest BCUT2D eigenvalue weighted by molar-refractivity contribution is 7.99. The van der Waals surface area contributed by atoms with Gasteiger partial charge in [0, 0.05) is 17.6 Å². The van der Waals surface area contributed by atoms with Crippen molar-refractivity contribution in [3.05, 3.63) is 36.4 Å². The normalized spacial score (nSPS) is 11.4. The van der Waals surface area contributed by atoms with Crippen LogP contribution in [0.25, 0.3) is 16.9 Å². The predicted octanol–water partition coefficient (Wildman–Crippen LogP) is 3.54. The Morgan fingerprint density at radius 1 is 1.07 bits per heavy atom. The summed E-state index contributed by atoms with van der Waals surface area (Å²) in [6.07, 6.45) is 0. The standard InChI is InChI=1S/C20H25N5O2S/c1-13(2)24(14(3)4)19(26)12-28-20-22-21-18-11-10-17(23-25(18)20)15-6-8-16(27-5)9-7-15/h6-11,13-14H,12H2,1-5H3. The zero-order valence-corrected chi connectivity index (χ0v) is 17.6. The lowest BCUT2D eigenvalue weighted by Gasteiger charge is -2.30. The van der Waals surface area contributed by atoms with Crippen molar-refractivity contribution in [1.29, 1.82) is 0 Å². The number of amides is 1. The van der Waals surface area contributed by atoms with Gasteiger partial charge in [0.05, 0.1) is 18.6 Å². The van der Waals surface area contributed by atoms with Gasteiger partial charge in [-0.15, -0.1) is 10.2 Å². The number of carbonyl (C=O) groups excluding carboxylic acids is 1. The third-order valence-corrected chi connectivity index (χ3v) is 5.25. The maximum atomic E-state index is 12.6. The van der Waals surface area contributed by atoms with E-state index in [2.05, 4.69) is 15.3 Å². The summed E-state index contributed by atoms with van der Waals surface area (Å²) in [6.45, 7) is 8.10. The van der Waals surface area contributed by atoms with Gasteiger partial charge in [0.25, 0.3) is 0 Å². The molecule has 28 heavy (non-hydrogen) atoms. The molecule has 3 aromatic rings. The lowest BCUT2D eigenvalue weighted by atomic mass is 10.1. The number of ether oxygens (including phenoxy) is 1. The molecule has 0 unspecified atom stereocenters. The molecule has 0 aliphatic heterocycles. The number of carbonyl (C=O) groups is 1. The molecular weight excluding hydrogens is 374 g/mol. The van der Waals surface area contributed by atoms with Crippen molar-refractivity contribution < 1.29 is 9.53 Å². The number of hydrogen-bond acceptors (Lipinski definition) is 6. The van der Waals surface area contributed by atoms with Gasteiger partial charge in [-0.3, -0.25) is 4.79 Å². The van der Waals surface area contributed by atoms with Crippen LogP contribution in [0.15, 0.2) is 41.6 Å². The quantitative estimate of drug-likeness (QED) is 0.566. The van der Waals surface area contributed by atoms with Crippen molar-refractivity contribution in [2.45, 2.75) is 44.9 Å². The molecule has 0 N–H and O–H groups in total. The molecule has 8 heteroatoms. The second-order valence-electron chi connectivity index (χ2n) is 6.98. The van der Waals surface area contributed by atoms with Crippen LogP contribution < -0.4 is 4.74 Å². The first-order valence-corrected chi connectivity index (χ1v) is 10.2. The van der Waals surface area contributed by atoms with Gasteiger partial charge >= 0.3 is 0 Å². The highest BCUT2D eigenvalue weighted by Gasteiger charge is 2.21. The van der Waals surface area contributed by atoms with E-state index in [1.165, 1.54) is 11.8 Å². The first kappa shape index (κ1) is 20.1. The summed E-state index contributed by atoms with van der Waals surface area (Å²) in [7, 11) is 1.64. The van der Waals surface area contributed by atoms with E-state index in [1.807, 2.05) is 69.0 Å². The van der Waals surface area contributed by atoms with Gasteiger partial charge in [-0.05, 0) is 64.1 Å². The zero-order valence-electron chi connectivity index (χ0n) is 16.8. The lowest BCUT2D eigenvalue weighted by Crippen LogP contribution is -2.43. The van der Waals surface area contributed by atoms with Crippen molar-refractivity contribution >= 4 is 23.3 Å². The molecule has 1 amide bonds. The smallest absolute Gasteiger partial charge is 0.233 e. The Morgan fingerprint density at radius 2 is 1.75 bits per heavy atom. The van der Waals surface area contributed by atoms with Crippen LogP contribution in [-0.4, -0.2) is 55.6 Å². The molecule has 0 atom stereocenters. The van der Waals surface area contributed by atoms with Crippen LogP contribution in [0.2, 0.25) is 0 Å². The van der Waals surface area contributed by atoms with Crippen molar-refractivity contribution in [1.82, 2.24) is 24.7 Å². The Labute approximate surface area is 169 Å². The first-order valence-electron chi connectivity index (χ1n) is 9.21. The predicted molar refractivity (Wildman–Crippen MR) is 111 cm³/mol. The summed E-state index contributed by atoms with van der Waals surface area (Å²) in [5.74, 6) is 1.17. The molecule has 0 aliphatic rings. The number of rotatable bonds is 7. The third kappa shape index (κ3) is 4.27. The summed E-state index contributed by atoms with van der Waals surface area (Å²) >= 11 is 1.35. The number of aromatic nitrogens is 4. The fourth-order valence-electron chi connectivity index (χ4n) is 3.15. The van der Waals surface area contributed by atoms with E-state index in [-0.39, 0.29) is 18.0 Å². The maximum absolute atomic E-state index is 12.6. The minimum Gasteiger partial charge on any atom is -0.497 e. The molecule has 0 radical (unpaired) electrons. The molecule has 0 saturated carbocycles. The highest BCUT2D eigenvalue weighted by Crippen LogP contribution is 2.23. The molecular formula is C20H25N5O2S. The SMILES string of the molecule is COc1ccc(-c2ccc3nnc(SCC(=O)N(C(C)C)C(C)C)n3n2)cc1. The third-order valence-electron chi connectivity index (χ3n) is 4.35. The summed E-state index contributed by atoms with van der Waals surface area (Å²) in [5, 5.41) is 13.6. The van der Waals surface area contributed by atoms with Crippen LogP contribution in [0, 0.1) is 0 Å². The second kappa shape index (κ2) is 8.60. The van der Waals surface area contributed by atoms with Crippen LogP contribution in [0.1, 0.15) is 27.7 Å². The van der Waals surface area contributed by atoms with Crippen LogP contribution >= 0.6 is 11.8 Å².